The van der Waals surface area contributed by atoms with Gasteiger partial charge in [0.05, 0.1) is 11.4 Å². The first-order chi connectivity index (χ1) is 9.44. The van der Waals surface area contributed by atoms with E-state index in [9.17, 15) is 8.78 Å². The summed E-state index contributed by atoms with van der Waals surface area (Å²) < 4.78 is 25.7. The first-order valence-corrected chi connectivity index (χ1v) is 6.96. The summed E-state index contributed by atoms with van der Waals surface area (Å²) in [4.78, 5) is -2.90. The minimum atomic E-state index is -2.90. The molecule has 0 heterocycles. The molecule has 0 aliphatic rings. The fraction of sp³-hybridized carbons (Fsp3) is 0.200. The third-order valence-electron chi connectivity index (χ3n) is 2.85. The van der Waals surface area contributed by atoms with Crippen LogP contribution in [-0.2, 0) is 13.0 Å². The maximum atomic E-state index is 12.9. The Labute approximate surface area is 125 Å². The minimum absolute atomic E-state index is 0.379. The lowest BCUT2D eigenvalue weighted by atomic mass is 10.1. The number of nitrogens with two attached hydrogens (primary N) is 1. The van der Waals surface area contributed by atoms with E-state index in [1.165, 1.54) is 0 Å². The molecule has 0 radical (unpaired) electrons. The summed E-state index contributed by atoms with van der Waals surface area (Å²) in [6.07, 6.45) is -0.379. The number of nitrogen functional groups attached to an aromatic ring is 1. The second-order valence-corrected chi connectivity index (χ2v) is 5.71. The van der Waals surface area contributed by atoms with Crippen LogP contribution in [0.3, 0.4) is 0 Å². The van der Waals surface area contributed by atoms with Crippen molar-refractivity contribution in [2.45, 2.75) is 17.8 Å². The van der Waals surface area contributed by atoms with E-state index in [0.717, 1.165) is 11.3 Å². The number of halogens is 3. The molecule has 2 aromatic rings. The molecule has 0 unspecified atom stereocenters. The first kappa shape index (κ1) is 14.8. The van der Waals surface area contributed by atoms with Crippen molar-refractivity contribution in [2.75, 3.05) is 11.1 Å². The van der Waals surface area contributed by atoms with Crippen LogP contribution in [0.4, 0.5) is 20.2 Å². The van der Waals surface area contributed by atoms with Crippen molar-refractivity contribution in [3.63, 3.8) is 0 Å². The SMILES string of the molecule is Nc1cc(CC(F)(F)Br)ccc1NCc1ccccc1. The highest BCUT2D eigenvalue weighted by Gasteiger charge is 2.24. The summed E-state index contributed by atoms with van der Waals surface area (Å²) in [7, 11) is 0. The molecule has 3 N–H and O–H groups in total. The van der Waals surface area contributed by atoms with Gasteiger partial charge >= 0.3 is 4.83 Å². The lowest BCUT2D eigenvalue weighted by molar-refractivity contribution is 0.115. The summed E-state index contributed by atoms with van der Waals surface area (Å²) in [5.74, 6) is 0. The number of anilines is 2. The Hall–Kier alpha value is -1.62. The highest BCUT2D eigenvalue weighted by Crippen LogP contribution is 2.29. The van der Waals surface area contributed by atoms with E-state index < -0.39 is 4.83 Å². The summed E-state index contributed by atoms with van der Waals surface area (Å²) in [6.45, 7) is 0.638. The van der Waals surface area contributed by atoms with Gasteiger partial charge in [-0.25, -0.2) is 0 Å². The van der Waals surface area contributed by atoms with E-state index in [1.54, 1.807) is 18.2 Å². The van der Waals surface area contributed by atoms with Crippen LogP contribution in [0.2, 0.25) is 0 Å². The van der Waals surface area contributed by atoms with E-state index >= 15 is 0 Å². The van der Waals surface area contributed by atoms with Gasteiger partial charge in [0.1, 0.15) is 0 Å². The smallest absolute Gasteiger partial charge is 0.305 e. The number of nitrogens with one attached hydrogen (secondary N) is 1. The van der Waals surface area contributed by atoms with Crippen molar-refractivity contribution in [1.29, 1.82) is 0 Å². The molecule has 0 fully saturated rings. The zero-order chi connectivity index (χ0) is 14.6. The first-order valence-electron chi connectivity index (χ1n) is 6.17. The Morgan fingerprint density at radius 3 is 2.35 bits per heavy atom. The molecular weight excluding hydrogens is 326 g/mol. The molecular formula is C15H15BrF2N2. The largest absolute Gasteiger partial charge is 0.397 e. The maximum absolute atomic E-state index is 12.9. The molecule has 0 aromatic heterocycles. The van der Waals surface area contributed by atoms with Gasteiger partial charge in [0.25, 0.3) is 0 Å². The van der Waals surface area contributed by atoms with Crippen molar-refractivity contribution in [1.82, 2.24) is 0 Å². The van der Waals surface area contributed by atoms with E-state index in [4.69, 9.17) is 5.73 Å². The molecule has 2 nitrogen and oxygen atoms in total. The maximum Gasteiger partial charge on any atom is 0.305 e. The Balaban J connectivity index is 2.03. The van der Waals surface area contributed by atoms with Crippen LogP contribution < -0.4 is 11.1 Å². The van der Waals surface area contributed by atoms with E-state index in [2.05, 4.69) is 21.2 Å². The van der Waals surface area contributed by atoms with Gasteiger partial charge < -0.3 is 11.1 Å². The zero-order valence-electron chi connectivity index (χ0n) is 10.7. The van der Waals surface area contributed by atoms with Crippen LogP contribution >= 0.6 is 15.9 Å². The van der Waals surface area contributed by atoms with E-state index in [-0.39, 0.29) is 6.42 Å². The van der Waals surface area contributed by atoms with Gasteiger partial charge in [-0.1, -0.05) is 36.4 Å². The number of rotatable bonds is 5. The van der Waals surface area contributed by atoms with Crippen LogP contribution in [-0.4, -0.2) is 4.83 Å². The Morgan fingerprint density at radius 1 is 1.05 bits per heavy atom. The fourth-order valence-electron chi connectivity index (χ4n) is 1.91. The third kappa shape index (κ3) is 4.49. The van der Waals surface area contributed by atoms with Crippen molar-refractivity contribution in [2.24, 2.45) is 0 Å². The van der Waals surface area contributed by atoms with Crippen LogP contribution in [0.25, 0.3) is 0 Å². The zero-order valence-corrected chi connectivity index (χ0v) is 12.3. The van der Waals surface area contributed by atoms with Gasteiger partial charge in [0.2, 0.25) is 0 Å². The van der Waals surface area contributed by atoms with Crippen LogP contribution in [0.5, 0.6) is 0 Å². The summed E-state index contributed by atoms with van der Waals surface area (Å²) in [6, 6.07) is 14.8. The second kappa shape index (κ2) is 6.22. The molecule has 5 heteroatoms. The van der Waals surface area contributed by atoms with E-state index in [1.807, 2.05) is 30.3 Å². The summed E-state index contributed by atoms with van der Waals surface area (Å²) >= 11 is 2.33. The molecule has 0 amide bonds. The predicted octanol–water partition coefficient (Wildman–Crippen LogP) is 4.41. The summed E-state index contributed by atoms with van der Waals surface area (Å²) in [5, 5.41) is 3.20. The monoisotopic (exact) mass is 340 g/mol. The van der Waals surface area contributed by atoms with Gasteiger partial charge in [-0.05, 0) is 39.2 Å². The fourth-order valence-corrected chi connectivity index (χ4v) is 2.23. The number of hydrogen-bond acceptors (Lipinski definition) is 2. The average Bonchev–Trinajstić information content (AvgIpc) is 2.37. The normalized spacial score (nSPS) is 11.3. The number of alkyl halides is 3. The quantitative estimate of drug-likeness (QED) is 0.624. The highest BCUT2D eigenvalue weighted by atomic mass is 79.9. The highest BCUT2D eigenvalue weighted by molar-refractivity contribution is 9.10. The second-order valence-electron chi connectivity index (χ2n) is 4.55. The van der Waals surface area contributed by atoms with Crippen LogP contribution in [0, 0.1) is 0 Å². The van der Waals surface area contributed by atoms with Crippen molar-refractivity contribution < 1.29 is 8.78 Å². The van der Waals surface area contributed by atoms with Crippen LogP contribution in [0.1, 0.15) is 11.1 Å². The lowest BCUT2D eigenvalue weighted by Gasteiger charge is -2.13. The van der Waals surface area contributed by atoms with E-state index in [0.29, 0.717) is 17.8 Å². The molecule has 0 saturated heterocycles. The standard InChI is InChI=1S/C15H15BrF2N2/c16-15(17,18)9-12-6-7-14(13(19)8-12)20-10-11-4-2-1-3-5-11/h1-8,20H,9-10,19H2. The third-order valence-corrected chi connectivity index (χ3v) is 3.13. The molecule has 0 spiro atoms. The number of hydrogen-bond donors (Lipinski definition) is 2. The average molecular weight is 341 g/mol. The molecule has 0 bridgehead atoms. The van der Waals surface area contributed by atoms with Crippen LogP contribution in [0.15, 0.2) is 48.5 Å². The molecule has 0 aliphatic heterocycles. The van der Waals surface area contributed by atoms with Crippen molar-refractivity contribution in [3.05, 3.63) is 59.7 Å². The summed E-state index contributed by atoms with van der Waals surface area (Å²) in [5.41, 5.74) is 8.72. The molecule has 0 saturated carbocycles. The predicted molar refractivity (Wildman–Crippen MR) is 82.2 cm³/mol. The van der Waals surface area contributed by atoms with Crippen molar-refractivity contribution >= 4 is 27.3 Å². The number of benzene rings is 2. The minimum Gasteiger partial charge on any atom is -0.397 e. The lowest BCUT2D eigenvalue weighted by Crippen LogP contribution is -2.10. The molecule has 2 rings (SSSR count). The van der Waals surface area contributed by atoms with Gasteiger partial charge in [0.15, 0.2) is 0 Å². The Morgan fingerprint density at radius 2 is 1.75 bits per heavy atom. The topological polar surface area (TPSA) is 38.0 Å². The van der Waals surface area contributed by atoms with Gasteiger partial charge in [-0.3, -0.25) is 0 Å². The molecule has 106 valence electrons. The van der Waals surface area contributed by atoms with Crippen molar-refractivity contribution in [3.8, 4) is 0 Å². The van der Waals surface area contributed by atoms with Gasteiger partial charge in [-0.2, -0.15) is 8.78 Å². The molecule has 0 aliphatic carbocycles. The molecule has 2 aromatic carbocycles. The molecule has 0 atom stereocenters. The van der Waals surface area contributed by atoms with Gasteiger partial charge in [-0.15, -0.1) is 0 Å². The molecule has 20 heavy (non-hydrogen) atoms. The van der Waals surface area contributed by atoms with Gasteiger partial charge in [0, 0.05) is 13.0 Å². The Kier molecular flexibility index (Phi) is 4.60. The Bertz CT molecular complexity index is 568.